The van der Waals surface area contributed by atoms with Crippen LogP contribution in [0.3, 0.4) is 0 Å². The summed E-state index contributed by atoms with van der Waals surface area (Å²) in [4.78, 5) is 12.2. The lowest BCUT2D eigenvalue weighted by Gasteiger charge is -2.14. The van der Waals surface area contributed by atoms with E-state index in [1.54, 1.807) is 0 Å². The van der Waals surface area contributed by atoms with Crippen LogP contribution in [0.1, 0.15) is 36.0 Å². The Morgan fingerprint density at radius 2 is 1.92 bits per heavy atom. The fraction of sp³-hybridized carbons (Fsp3) is 0.400. The number of rotatable bonds is 7. The molecular weight excluding hydrogens is 364 g/mol. The van der Waals surface area contributed by atoms with Crippen molar-refractivity contribution in [2.45, 2.75) is 37.1 Å². The van der Waals surface area contributed by atoms with Crippen molar-refractivity contribution in [3.05, 3.63) is 41.9 Å². The van der Waals surface area contributed by atoms with Crippen molar-refractivity contribution < 1.29 is 30.8 Å². The van der Waals surface area contributed by atoms with E-state index in [0.717, 1.165) is 18.2 Å². The lowest BCUT2D eigenvalue weighted by molar-refractivity contribution is -0.134. The molecule has 0 radical (unpaired) electrons. The van der Waals surface area contributed by atoms with Crippen LogP contribution in [-0.2, 0) is 10.0 Å². The van der Waals surface area contributed by atoms with Crippen LogP contribution in [0.15, 0.2) is 30.5 Å². The van der Waals surface area contributed by atoms with Gasteiger partial charge in [-0.25, -0.2) is 12.8 Å². The van der Waals surface area contributed by atoms with Gasteiger partial charge in [0.05, 0.1) is 16.5 Å². The lowest BCUT2D eigenvalue weighted by Crippen LogP contribution is -2.26. The van der Waals surface area contributed by atoms with Gasteiger partial charge in [-0.3, -0.25) is 9.52 Å². The van der Waals surface area contributed by atoms with Crippen LogP contribution < -0.4 is 10.0 Å². The number of alkyl halides is 3. The van der Waals surface area contributed by atoms with E-state index in [4.69, 9.17) is 0 Å². The lowest BCUT2D eigenvalue weighted by atomic mass is 10.1. The summed E-state index contributed by atoms with van der Waals surface area (Å²) in [6, 6.07) is 2.84. The zero-order valence-corrected chi connectivity index (χ0v) is 13.8. The number of nitrogens with one attached hydrogen (secondary N) is 2. The van der Waals surface area contributed by atoms with E-state index in [1.807, 2.05) is 0 Å². The Hall–Kier alpha value is -2.10. The molecule has 0 spiro atoms. The van der Waals surface area contributed by atoms with E-state index in [0.29, 0.717) is 12.8 Å². The molecule has 1 aliphatic carbocycles. The van der Waals surface area contributed by atoms with Crippen LogP contribution in [0, 0.1) is 5.82 Å². The maximum absolute atomic E-state index is 13.4. The third-order valence-electron chi connectivity index (χ3n) is 3.44. The minimum absolute atomic E-state index is 0.178. The van der Waals surface area contributed by atoms with Crippen molar-refractivity contribution in [1.29, 1.82) is 0 Å². The monoisotopic (exact) mass is 380 g/mol. The zero-order valence-electron chi connectivity index (χ0n) is 13.0. The number of sulfonamides is 1. The predicted octanol–water partition coefficient (Wildman–Crippen LogP) is 3.32. The van der Waals surface area contributed by atoms with Crippen LogP contribution in [0.2, 0.25) is 0 Å². The van der Waals surface area contributed by atoms with Crippen LogP contribution in [0.4, 0.5) is 23.2 Å². The molecule has 0 aromatic heterocycles. The summed E-state index contributed by atoms with van der Waals surface area (Å²) in [7, 11) is -3.74. The molecule has 138 valence electrons. The molecule has 10 heteroatoms. The van der Waals surface area contributed by atoms with Gasteiger partial charge < -0.3 is 5.32 Å². The number of carbonyl (C=O) groups excluding carboxylic acids is 1. The summed E-state index contributed by atoms with van der Waals surface area (Å²) in [5.74, 6) is -1.64. The van der Waals surface area contributed by atoms with Crippen LogP contribution in [0.5, 0.6) is 0 Å². The number of halogens is 4. The second-order valence-electron chi connectivity index (χ2n) is 5.71. The molecule has 0 bridgehead atoms. The zero-order chi connectivity index (χ0) is 18.8. The SMILES string of the molecule is C=C(CCC(F)(F)F)NC(=O)c1ccc(F)cc1NS(=O)(=O)C1CC1. The van der Waals surface area contributed by atoms with E-state index in [-0.39, 0.29) is 16.9 Å². The Kier molecular flexibility index (Phi) is 5.40. The Morgan fingerprint density at radius 1 is 1.28 bits per heavy atom. The summed E-state index contributed by atoms with van der Waals surface area (Å²) >= 11 is 0. The molecule has 2 N–H and O–H groups in total. The molecule has 0 heterocycles. The first kappa shape index (κ1) is 19.2. The minimum atomic E-state index is -4.39. The quantitative estimate of drug-likeness (QED) is 0.713. The van der Waals surface area contributed by atoms with E-state index in [2.05, 4.69) is 16.6 Å². The average Bonchev–Trinajstić information content (AvgIpc) is 3.29. The fourth-order valence-corrected chi connectivity index (χ4v) is 3.40. The van der Waals surface area contributed by atoms with E-state index in [1.165, 1.54) is 0 Å². The van der Waals surface area contributed by atoms with Gasteiger partial charge in [-0.15, -0.1) is 0 Å². The first-order valence-electron chi connectivity index (χ1n) is 7.35. The first-order chi connectivity index (χ1) is 11.5. The van der Waals surface area contributed by atoms with Crippen molar-refractivity contribution in [3.8, 4) is 0 Å². The van der Waals surface area contributed by atoms with Gasteiger partial charge in [0.15, 0.2) is 0 Å². The van der Waals surface area contributed by atoms with Crippen molar-refractivity contribution >= 4 is 21.6 Å². The predicted molar refractivity (Wildman–Crippen MR) is 83.9 cm³/mol. The van der Waals surface area contributed by atoms with Gasteiger partial charge in [0, 0.05) is 12.1 Å². The number of allylic oxidation sites excluding steroid dienone is 1. The van der Waals surface area contributed by atoms with Crippen molar-refractivity contribution in [2.24, 2.45) is 0 Å². The van der Waals surface area contributed by atoms with Crippen LogP contribution >= 0.6 is 0 Å². The second kappa shape index (κ2) is 7.03. The standard InChI is InChI=1S/C15H16F4N2O3S/c1-9(6-7-15(17,18)19)20-14(22)12-5-2-10(16)8-13(12)21-25(23,24)11-3-4-11/h2,5,8,11,21H,1,3-4,6-7H2,(H,20,22). The fourth-order valence-electron chi connectivity index (χ4n) is 2.00. The van der Waals surface area contributed by atoms with Crippen LogP contribution in [-0.4, -0.2) is 25.8 Å². The Morgan fingerprint density at radius 3 is 2.48 bits per heavy atom. The number of anilines is 1. The molecule has 1 aromatic rings. The third-order valence-corrected chi connectivity index (χ3v) is 5.30. The van der Waals surface area contributed by atoms with Gasteiger partial charge in [0.25, 0.3) is 5.91 Å². The minimum Gasteiger partial charge on any atom is -0.326 e. The third kappa shape index (κ3) is 5.73. The van der Waals surface area contributed by atoms with Crippen molar-refractivity contribution in [2.75, 3.05) is 4.72 Å². The highest BCUT2D eigenvalue weighted by molar-refractivity contribution is 7.93. The molecule has 1 saturated carbocycles. The smallest absolute Gasteiger partial charge is 0.326 e. The molecule has 2 rings (SSSR count). The van der Waals surface area contributed by atoms with Gasteiger partial charge >= 0.3 is 6.18 Å². The molecule has 1 amide bonds. The number of benzene rings is 1. The highest BCUT2D eigenvalue weighted by Crippen LogP contribution is 2.31. The summed E-state index contributed by atoms with van der Waals surface area (Å²) in [5, 5.41) is 1.58. The van der Waals surface area contributed by atoms with Crippen molar-refractivity contribution in [3.63, 3.8) is 0 Å². The molecule has 0 saturated heterocycles. The average molecular weight is 380 g/mol. The number of amides is 1. The summed E-state index contributed by atoms with van der Waals surface area (Å²) in [6.45, 7) is 3.34. The van der Waals surface area contributed by atoms with Crippen molar-refractivity contribution in [1.82, 2.24) is 5.32 Å². The maximum Gasteiger partial charge on any atom is 0.389 e. The summed E-state index contributed by atoms with van der Waals surface area (Å²) in [6.07, 6.45) is -5.12. The van der Waals surface area contributed by atoms with Gasteiger partial charge in [0.1, 0.15) is 5.82 Å². The largest absolute Gasteiger partial charge is 0.389 e. The van der Waals surface area contributed by atoms with E-state index in [9.17, 15) is 30.8 Å². The van der Waals surface area contributed by atoms with E-state index < -0.39 is 46.0 Å². The molecule has 1 aliphatic rings. The summed E-state index contributed by atoms with van der Waals surface area (Å²) in [5.41, 5.74) is -0.658. The number of carbonyl (C=O) groups is 1. The molecule has 25 heavy (non-hydrogen) atoms. The molecular formula is C15H16F4N2O3S. The molecule has 0 atom stereocenters. The highest BCUT2D eigenvalue weighted by atomic mass is 32.2. The normalized spacial score (nSPS) is 14.9. The highest BCUT2D eigenvalue weighted by Gasteiger charge is 2.36. The van der Waals surface area contributed by atoms with Crippen LogP contribution in [0.25, 0.3) is 0 Å². The molecule has 1 aromatic carbocycles. The Labute approximate surface area is 142 Å². The van der Waals surface area contributed by atoms with Gasteiger partial charge in [-0.05, 0) is 37.5 Å². The molecule has 0 aliphatic heterocycles. The van der Waals surface area contributed by atoms with E-state index >= 15 is 0 Å². The maximum atomic E-state index is 13.4. The topological polar surface area (TPSA) is 75.3 Å². The first-order valence-corrected chi connectivity index (χ1v) is 8.89. The summed E-state index contributed by atoms with van der Waals surface area (Å²) < 4.78 is 76.1. The molecule has 5 nitrogen and oxygen atoms in total. The van der Waals surface area contributed by atoms with Gasteiger partial charge in [-0.2, -0.15) is 13.2 Å². The second-order valence-corrected chi connectivity index (χ2v) is 7.67. The van der Waals surface area contributed by atoms with Gasteiger partial charge in [0.2, 0.25) is 10.0 Å². The molecule has 1 fully saturated rings. The Balaban J connectivity index is 2.12. The Bertz CT molecular complexity index is 786. The number of hydrogen-bond donors (Lipinski definition) is 2. The number of hydrogen-bond acceptors (Lipinski definition) is 3. The van der Waals surface area contributed by atoms with Gasteiger partial charge in [-0.1, -0.05) is 6.58 Å². The molecule has 0 unspecified atom stereocenters.